The highest BCUT2D eigenvalue weighted by Crippen LogP contribution is 2.55. The Morgan fingerprint density at radius 1 is 1.02 bits per heavy atom. The van der Waals surface area contributed by atoms with Crippen LogP contribution in [0.15, 0.2) is 55.1 Å². The molecule has 2 aromatic carbocycles. The molecule has 0 atom stereocenters. The van der Waals surface area contributed by atoms with E-state index in [2.05, 4.69) is 70.9 Å². The Bertz CT molecular complexity index is 2800. The zero-order valence-electron chi connectivity index (χ0n) is 37.9. The topological polar surface area (TPSA) is 150 Å². The lowest BCUT2D eigenvalue weighted by molar-refractivity contribution is -0.164. The summed E-state index contributed by atoms with van der Waals surface area (Å²) < 4.78 is 39.2. The van der Waals surface area contributed by atoms with E-state index >= 15 is 0 Å². The zero-order chi connectivity index (χ0) is 46.7. The summed E-state index contributed by atoms with van der Waals surface area (Å²) in [5.74, 6) is 8.39. The van der Waals surface area contributed by atoms with Gasteiger partial charge in [-0.05, 0) is 48.2 Å². The number of aromatic nitrogens is 6. The summed E-state index contributed by atoms with van der Waals surface area (Å²) in [7, 11) is 1.77. The third-order valence-electron chi connectivity index (χ3n) is 13.8. The molecule has 9 rings (SSSR count). The maximum atomic E-state index is 14.6. The van der Waals surface area contributed by atoms with Crippen molar-refractivity contribution >= 4 is 34.9 Å². The van der Waals surface area contributed by atoms with Crippen molar-refractivity contribution in [1.82, 2.24) is 44.6 Å². The maximum Gasteiger partial charge on any atom is 0.264 e. The number of nitriles is 1. The molecular formula is C49H52ClF2N11O3. The average Bonchev–Trinajstić information content (AvgIpc) is 3.88. The molecule has 2 amide bonds. The normalized spacial score (nSPS) is 19.7. The van der Waals surface area contributed by atoms with Gasteiger partial charge in [0.05, 0.1) is 35.4 Å². The van der Waals surface area contributed by atoms with Crippen LogP contribution in [0.5, 0.6) is 5.75 Å². The largest absolute Gasteiger partial charge is 0.489 e. The van der Waals surface area contributed by atoms with E-state index in [9.17, 15) is 23.6 Å². The summed E-state index contributed by atoms with van der Waals surface area (Å²) in [6, 6.07) is 10.4. The molecule has 342 valence electrons. The van der Waals surface area contributed by atoms with E-state index in [1.807, 2.05) is 15.6 Å². The van der Waals surface area contributed by atoms with Crippen molar-refractivity contribution in [3.63, 3.8) is 0 Å². The second-order valence-corrected chi connectivity index (χ2v) is 19.4. The number of carbonyl (C=O) groups excluding carboxylic acids is 2. The molecule has 14 nitrogen and oxygen atoms in total. The smallest absolute Gasteiger partial charge is 0.264 e. The van der Waals surface area contributed by atoms with Gasteiger partial charge in [0.2, 0.25) is 5.91 Å². The quantitative estimate of drug-likeness (QED) is 0.142. The Morgan fingerprint density at radius 3 is 2.42 bits per heavy atom. The first-order valence-corrected chi connectivity index (χ1v) is 22.6. The maximum absolute atomic E-state index is 14.6. The van der Waals surface area contributed by atoms with Crippen LogP contribution in [0.3, 0.4) is 0 Å². The SMILES string of the molecule is CC(=O)N1CCc2c(c(N3CCCc4cc(-c5cnn(C)c5)c(C(F)F)cc43)nn2CC#CCN2CC(c3ncc(C(=O)NC4C(C)(C)C(Oc5ccc(C#N)c(Cl)c5)C4(C)C)cn3)C2)C1. The molecule has 0 unspecified atom stereocenters. The lowest BCUT2D eigenvalue weighted by Crippen LogP contribution is -2.74. The highest BCUT2D eigenvalue weighted by atomic mass is 35.5. The molecule has 6 heterocycles. The Kier molecular flexibility index (Phi) is 11.9. The highest BCUT2D eigenvalue weighted by Gasteiger charge is 2.64. The predicted octanol–water partition coefficient (Wildman–Crippen LogP) is 7.24. The standard InChI is InChI=1S/C49H52ClF2N11O3/c1-29(64)61-17-13-40-38(28-61)44(62-15-9-10-30-18-36(33-24-56-59(6)25-33)37(42(51)52)20-41(30)62)58-63(40)16-8-7-14-60-26-34(27-60)43-54-22-32(23-55-43)45(65)57-46-48(2,3)47(49(46,4)5)66-35-12-11-31(21-53)39(50)19-35/h11-12,18-20,22-25,34,42,46-47H,9-10,13-17,26-28H2,1-6H3,(H,57,65). The fourth-order valence-electron chi connectivity index (χ4n) is 10.6. The van der Waals surface area contributed by atoms with Gasteiger partial charge in [-0.25, -0.2) is 18.7 Å². The third kappa shape index (κ3) is 8.26. The van der Waals surface area contributed by atoms with E-state index in [0.717, 1.165) is 42.8 Å². The van der Waals surface area contributed by atoms with Crippen molar-refractivity contribution in [2.45, 2.75) is 91.5 Å². The minimum Gasteiger partial charge on any atom is -0.489 e. The van der Waals surface area contributed by atoms with Crippen molar-refractivity contribution < 1.29 is 23.1 Å². The molecule has 17 heteroatoms. The van der Waals surface area contributed by atoms with E-state index in [4.69, 9.17) is 21.4 Å². The van der Waals surface area contributed by atoms with Crippen molar-refractivity contribution in [3.8, 4) is 34.8 Å². The van der Waals surface area contributed by atoms with Crippen LogP contribution in [0.2, 0.25) is 5.02 Å². The number of rotatable bonds is 10. The van der Waals surface area contributed by atoms with Gasteiger partial charge in [-0.15, -0.1) is 0 Å². The summed E-state index contributed by atoms with van der Waals surface area (Å²) in [6.07, 6.45) is 5.81. The van der Waals surface area contributed by atoms with Gasteiger partial charge in [-0.3, -0.25) is 23.9 Å². The van der Waals surface area contributed by atoms with Gasteiger partial charge in [0.1, 0.15) is 30.3 Å². The van der Waals surface area contributed by atoms with Crippen molar-refractivity contribution in [2.24, 2.45) is 17.9 Å². The first-order chi connectivity index (χ1) is 31.5. The first-order valence-electron chi connectivity index (χ1n) is 22.3. The lowest BCUT2D eigenvalue weighted by atomic mass is 9.49. The Morgan fingerprint density at radius 2 is 1.76 bits per heavy atom. The monoisotopic (exact) mass is 915 g/mol. The summed E-state index contributed by atoms with van der Waals surface area (Å²) in [6.45, 7) is 13.7. The predicted molar refractivity (Wildman–Crippen MR) is 244 cm³/mol. The molecule has 1 saturated heterocycles. The molecule has 1 saturated carbocycles. The Balaban J connectivity index is 0.823. The van der Waals surface area contributed by atoms with E-state index in [1.54, 1.807) is 72.6 Å². The number of hydrogen-bond donors (Lipinski definition) is 1. The van der Waals surface area contributed by atoms with Crippen molar-refractivity contribution in [1.29, 1.82) is 5.26 Å². The number of alkyl halides is 2. The number of ether oxygens (including phenoxy) is 1. The third-order valence-corrected chi connectivity index (χ3v) is 14.1. The number of benzene rings is 2. The fourth-order valence-corrected chi connectivity index (χ4v) is 10.8. The molecular weight excluding hydrogens is 864 g/mol. The fraction of sp³-hybridized carbons (Fsp3) is 0.449. The molecule has 66 heavy (non-hydrogen) atoms. The van der Waals surface area contributed by atoms with Crippen molar-refractivity contribution in [2.75, 3.05) is 37.6 Å². The number of anilines is 2. The minimum absolute atomic E-state index is 0.0224. The van der Waals surface area contributed by atoms with Gasteiger partial charge in [0, 0.05) is 122 Å². The zero-order valence-corrected chi connectivity index (χ0v) is 38.7. The summed E-state index contributed by atoms with van der Waals surface area (Å²) in [5.41, 5.74) is 4.65. The van der Waals surface area contributed by atoms with Crippen LogP contribution in [0.4, 0.5) is 20.3 Å². The number of fused-ring (bicyclic) bond motifs is 2. The number of nitrogens with zero attached hydrogens (tertiary/aromatic N) is 10. The van der Waals surface area contributed by atoms with Crippen molar-refractivity contribution in [3.05, 3.63) is 99.5 Å². The molecule has 0 bridgehead atoms. The highest BCUT2D eigenvalue weighted by molar-refractivity contribution is 6.31. The molecule has 2 fully saturated rings. The molecule has 3 aromatic heterocycles. The number of amides is 2. The van der Waals surface area contributed by atoms with Crippen LogP contribution < -0.4 is 15.0 Å². The number of halogens is 3. The molecule has 3 aliphatic heterocycles. The second kappa shape index (κ2) is 17.5. The number of nitrogens with one attached hydrogen (secondary N) is 1. The molecule has 1 aliphatic carbocycles. The van der Waals surface area contributed by atoms with Gasteiger partial charge in [0.25, 0.3) is 12.3 Å². The average molecular weight is 916 g/mol. The number of likely N-dealkylation sites (tertiary alicyclic amines) is 1. The molecule has 5 aromatic rings. The van der Waals surface area contributed by atoms with Crippen LogP contribution in [-0.2, 0) is 37.8 Å². The molecule has 1 N–H and O–H groups in total. The Hall–Kier alpha value is -6.36. The van der Waals surface area contributed by atoms with Crippen LogP contribution in [0.25, 0.3) is 11.1 Å². The Labute approximate surface area is 387 Å². The van der Waals surface area contributed by atoms with E-state index in [0.29, 0.717) is 89.5 Å². The van der Waals surface area contributed by atoms with Gasteiger partial charge in [-0.1, -0.05) is 51.1 Å². The van der Waals surface area contributed by atoms with Crippen LogP contribution in [-0.4, -0.2) is 96.0 Å². The summed E-state index contributed by atoms with van der Waals surface area (Å²) in [4.78, 5) is 41.2. The number of carbonyl (C=O) groups is 2. The molecule has 4 aliphatic rings. The minimum atomic E-state index is -2.68. The number of hydrogen-bond acceptors (Lipinski definition) is 10. The summed E-state index contributed by atoms with van der Waals surface area (Å²) >= 11 is 6.25. The lowest BCUT2D eigenvalue weighted by Gasteiger charge is -2.63. The first kappa shape index (κ1) is 44.8. The number of aryl methyl sites for hydroxylation is 2. The van der Waals surface area contributed by atoms with E-state index < -0.39 is 17.3 Å². The van der Waals surface area contributed by atoms with Crippen LogP contribution >= 0.6 is 11.6 Å². The van der Waals surface area contributed by atoms with Gasteiger partial charge >= 0.3 is 0 Å². The molecule has 0 spiro atoms. The van der Waals surface area contributed by atoms with Gasteiger partial charge < -0.3 is 19.9 Å². The van der Waals surface area contributed by atoms with Crippen LogP contribution in [0, 0.1) is 34.0 Å². The van der Waals surface area contributed by atoms with Crippen LogP contribution in [0.1, 0.15) is 97.5 Å². The second-order valence-electron chi connectivity index (χ2n) is 19.0. The van der Waals surface area contributed by atoms with E-state index in [-0.39, 0.29) is 35.4 Å². The molecule has 0 radical (unpaired) electrons. The van der Waals surface area contributed by atoms with Gasteiger partial charge in [0.15, 0.2) is 5.82 Å². The van der Waals surface area contributed by atoms with E-state index in [1.165, 1.54) is 0 Å². The summed E-state index contributed by atoms with van der Waals surface area (Å²) in [5, 5.41) is 22.1. The van der Waals surface area contributed by atoms with Gasteiger partial charge in [-0.2, -0.15) is 15.5 Å².